The highest BCUT2D eigenvalue weighted by Gasteiger charge is 2.22. The van der Waals surface area contributed by atoms with Crippen LogP contribution in [0.25, 0.3) is 0 Å². The molecule has 0 amide bonds. The van der Waals surface area contributed by atoms with Crippen molar-refractivity contribution in [3.05, 3.63) is 59.7 Å². The highest BCUT2D eigenvalue weighted by Crippen LogP contribution is 2.22. The highest BCUT2D eigenvalue weighted by atomic mass is 16.5. The second-order valence-corrected chi connectivity index (χ2v) is 6.91. The minimum absolute atomic E-state index is 0.656. The third kappa shape index (κ3) is 5.23. The van der Waals surface area contributed by atoms with Crippen molar-refractivity contribution in [2.24, 2.45) is 0 Å². The molecule has 1 heterocycles. The fourth-order valence-corrected chi connectivity index (χ4v) is 3.62. The third-order valence-electron chi connectivity index (χ3n) is 5.22. The molecule has 0 spiro atoms. The lowest BCUT2D eigenvalue weighted by Crippen LogP contribution is -2.30. The van der Waals surface area contributed by atoms with E-state index in [1.807, 2.05) is 0 Å². The van der Waals surface area contributed by atoms with Gasteiger partial charge in [-0.1, -0.05) is 24.3 Å². The quantitative estimate of drug-likeness (QED) is 0.774. The average molecular weight is 339 g/mol. The number of ether oxygens (including phenoxy) is 2. The van der Waals surface area contributed by atoms with Gasteiger partial charge in [0.05, 0.1) is 14.2 Å². The Morgan fingerprint density at radius 3 is 1.48 bits per heavy atom. The Hall–Kier alpha value is -2.00. The molecule has 1 aliphatic rings. The lowest BCUT2D eigenvalue weighted by Gasteiger charge is -2.15. The van der Waals surface area contributed by atoms with E-state index in [0.717, 1.165) is 24.3 Å². The van der Waals surface area contributed by atoms with Gasteiger partial charge in [0, 0.05) is 12.1 Å². The van der Waals surface area contributed by atoms with Gasteiger partial charge in [-0.3, -0.25) is 0 Å². The minimum Gasteiger partial charge on any atom is -0.497 e. The molecule has 1 N–H and O–H groups in total. The molecule has 0 bridgehead atoms. The average Bonchev–Trinajstić information content (AvgIpc) is 3.13. The van der Waals surface area contributed by atoms with Gasteiger partial charge in [-0.2, -0.15) is 0 Å². The first-order valence-electron chi connectivity index (χ1n) is 9.28. The van der Waals surface area contributed by atoms with E-state index in [1.165, 1.54) is 36.8 Å². The molecule has 134 valence electrons. The van der Waals surface area contributed by atoms with Crippen LogP contribution in [0.5, 0.6) is 11.5 Å². The van der Waals surface area contributed by atoms with Crippen LogP contribution >= 0.6 is 0 Å². The van der Waals surface area contributed by atoms with Gasteiger partial charge in [-0.15, -0.1) is 0 Å². The molecule has 1 saturated heterocycles. The van der Waals surface area contributed by atoms with Gasteiger partial charge in [0.15, 0.2) is 0 Å². The Labute approximate surface area is 151 Å². The molecule has 25 heavy (non-hydrogen) atoms. The molecule has 3 nitrogen and oxygen atoms in total. The molecule has 3 rings (SSSR count). The summed E-state index contributed by atoms with van der Waals surface area (Å²) >= 11 is 0. The molecule has 1 fully saturated rings. The summed E-state index contributed by atoms with van der Waals surface area (Å²) in [6, 6.07) is 18.2. The molecular weight excluding hydrogens is 310 g/mol. The number of hydrogen-bond donors (Lipinski definition) is 1. The first kappa shape index (κ1) is 17.8. The molecule has 0 unspecified atom stereocenters. The largest absolute Gasteiger partial charge is 0.497 e. The normalized spacial score (nSPS) is 19.8. The van der Waals surface area contributed by atoms with Gasteiger partial charge >= 0.3 is 0 Å². The Bertz CT molecular complexity index is 579. The smallest absolute Gasteiger partial charge is 0.118 e. The SMILES string of the molecule is COc1ccc(CC[C@@H]2CC[C@H](CCc3ccc(OC)cc3)N2)cc1. The van der Waals surface area contributed by atoms with Crippen LogP contribution in [0, 0.1) is 0 Å². The lowest BCUT2D eigenvalue weighted by atomic mass is 10.0. The summed E-state index contributed by atoms with van der Waals surface area (Å²) in [5.41, 5.74) is 2.79. The monoisotopic (exact) mass is 339 g/mol. The van der Waals surface area contributed by atoms with Crippen molar-refractivity contribution in [2.75, 3.05) is 14.2 Å². The van der Waals surface area contributed by atoms with Crippen molar-refractivity contribution in [2.45, 2.75) is 50.6 Å². The van der Waals surface area contributed by atoms with Crippen LogP contribution < -0.4 is 14.8 Å². The summed E-state index contributed by atoms with van der Waals surface area (Å²) in [7, 11) is 3.42. The van der Waals surface area contributed by atoms with Gasteiger partial charge in [0.2, 0.25) is 0 Å². The van der Waals surface area contributed by atoms with Gasteiger partial charge in [0.25, 0.3) is 0 Å². The summed E-state index contributed by atoms with van der Waals surface area (Å²) < 4.78 is 10.4. The lowest BCUT2D eigenvalue weighted by molar-refractivity contribution is 0.414. The molecule has 3 heteroatoms. The van der Waals surface area contributed by atoms with E-state index < -0.39 is 0 Å². The standard InChI is InChI=1S/C22H29NO2/c1-24-21-13-5-17(6-14-21)3-9-19-11-12-20(23-19)10-4-18-7-15-22(25-2)16-8-18/h5-8,13-16,19-20,23H,3-4,9-12H2,1-2H3/t19-,20+. The van der Waals surface area contributed by atoms with E-state index in [9.17, 15) is 0 Å². The van der Waals surface area contributed by atoms with Crippen LogP contribution in [0.15, 0.2) is 48.5 Å². The first-order chi connectivity index (χ1) is 12.3. The van der Waals surface area contributed by atoms with Crippen LogP contribution in [-0.2, 0) is 12.8 Å². The minimum atomic E-state index is 0.656. The maximum Gasteiger partial charge on any atom is 0.118 e. The summed E-state index contributed by atoms with van der Waals surface area (Å²) in [5, 5.41) is 3.83. The molecule has 2 aromatic rings. The van der Waals surface area contributed by atoms with Crippen LogP contribution in [0.3, 0.4) is 0 Å². The van der Waals surface area contributed by atoms with Crippen molar-refractivity contribution in [3.63, 3.8) is 0 Å². The van der Waals surface area contributed by atoms with Crippen LogP contribution in [0.2, 0.25) is 0 Å². The predicted octanol–water partition coefficient (Wildman–Crippen LogP) is 4.39. The number of rotatable bonds is 8. The Morgan fingerprint density at radius 1 is 0.720 bits per heavy atom. The van der Waals surface area contributed by atoms with Crippen LogP contribution in [0.4, 0.5) is 0 Å². The molecule has 0 saturated carbocycles. The molecule has 0 radical (unpaired) electrons. The fourth-order valence-electron chi connectivity index (χ4n) is 3.62. The summed E-state index contributed by atoms with van der Waals surface area (Å²) in [6.07, 6.45) is 7.28. The van der Waals surface area contributed by atoms with Gasteiger partial charge in [0.1, 0.15) is 11.5 Å². The van der Waals surface area contributed by atoms with E-state index >= 15 is 0 Å². The summed E-state index contributed by atoms with van der Waals surface area (Å²) in [4.78, 5) is 0. The van der Waals surface area contributed by atoms with E-state index in [4.69, 9.17) is 9.47 Å². The van der Waals surface area contributed by atoms with Crippen molar-refractivity contribution in [1.29, 1.82) is 0 Å². The summed E-state index contributed by atoms with van der Waals surface area (Å²) in [6.45, 7) is 0. The maximum atomic E-state index is 5.22. The van der Waals surface area contributed by atoms with Gasteiger partial charge in [-0.05, 0) is 73.9 Å². The second-order valence-electron chi connectivity index (χ2n) is 6.91. The van der Waals surface area contributed by atoms with Crippen LogP contribution in [0.1, 0.15) is 36.8 Å². The van der Waals surface area contributed by atoms with E-state index in [0.29, 0.717) is 12.1 Å². The van der Waals surface area contributed by atoms with Crippen molar-refractivity contribution < 1.29 is 9.47 Å². The maximum absolute atomic E-state index is 5.22. The first-order valence-corrected chi connectivity index (χ1v) is 9.28. The fraction of sp³-hybridized carbons (Fsp3) is 0.455. The van der Waals surface area contributed by atoms with Crippen molar-refractivity contribution in [3.8, 4) is 11.5 Å². The third-order valence-corrected chi connectivity index (χ3v) is 5.22. The van der Waals surface area contributed by atoms with Gasteiger partial charge in [-0.25, -0.2) is 0 Å². The molecule has 2 aromatic carbocycles. The number of aryl methyl sites for hydroxylation is 2. The predicted molar refractivity (Wildman–Crippen MR) is 103 cm³/mol. The topological polar surface area (TPSA) is 30.5 Å². The molecule has 2 atom stereocenters. The second kappa shape index (κ2) is 8.91. The Morgan fingerprint density at radius 2 is 1.12 bits per heavy atom. The van der Waals surface area contributed by atoms with E-state index in [1.54, 1.807) is 14.2 Å². The molecule has 0 aliphatic carbocycles. The number of methoxy groups -OCH3 is 2. The van der Waals surface area contributed by atoms with E-state index in [2.05, 4.69) is 53.8 Å². The zero-order chi connectivity index (χ0) is 17.5. The van der Waals surface area contributed by atoms with Crippen molar-refractivity contribution in [1.82, 2.24) is 5.32 Å². The van der Waals surface area contributed by atoms with E-state index in [-0.39, 0.29) is 0 Å². The summed E-state index contributed by atoms with van der Waals surface area (Å²) in [5.74, 6) is 1.86. The number of nitrogens with one attached hydrogen (secondary N) is 1. The van der Waals surface area contributed by atoms with Crippen molar-refractivity contribution >= 4 is 0 Å². The molecule has 1 aliphatic heterocycles. The molecular formula is C22H29NO2. The number of benzene rings is 2. The Balaban J connectivity index is 1.38. The zero-order valence-electron chi connectivity index (χ0n) is 15.3. The van der Waals surface area contributed by atoms with Gasteiger partial charge < -0.3 is 14.8 Å². The molecule has 0 aromatic heterocycles. The number of hydrogen-bond acceptors (Lipinski definition) is 3. The zero-order valence-corrected chi connectivity index (χ0v) is 15.3. The van der Waals surface area contributed by atoms with Crippen LogP contribution in [-0.4, -0.2) is 26.3 Å². The Kier molecular flexibility index (Phi) is 6.35. The highest BCUT2D eigenvalue weighted by molar-refractivity contribution is 5.28.